The van der Waals surface area contributed by atoms with Crippen molar-refractivity contribution in [2.45, 2.75) is 104 Å². The Hall–Kier alpha value is -2.75. The number of carbonyl (C=O) groups excluding carboxylic acids is 2. The molecule has 0 radical (unpaired) electrons. The zero-order valence-corrected chi connectivity index (χ0v) is 25.7. The van der Waals surface area contributed by atoms with Gasteiger partial charge in [-0.15, -0.1) is 0 Å². The molecule has 41 heavy (non-hydrogen) atoms. The maximum Gasteiger partial charge on any atom is 0.416 e. The maximum absolute atomic E-state index is 13.4. The number of hydrogen-bond acceptors (Lipinski definition) is 7. The molecule has 1 unspecified atom stereocenters. The standard InChI is InChI=1S/C32H48N4O5/c1-23-10-9-17-32(5,6)26(23)22-35-18-16-25(21-35)36(30(38)40-31(2,3)4)27-14-12-24(20-33-27)13-15-28(37)34-41-29-11-7-8-19-39-29/h12-15,20,25,29H,7-11,16-19,21-22H2,1-6H3,(H,34,37)/b15-13+/t25-,29?/m1/s1. The van der Waals surface area contributed by atoms with Crippen LogP contribution in [0.1, 0.15) is 92.1 Å². The molecule has 3 heterocycles. The molecular formula is C32H48N4O5. The number of rotatable bonds is 8. The van der Waals surface area contributed by atoms with Gasteiger partial charge in [0.25, 0.3) is 5.91 Å². The summed E-state index contributed by atoms with van der Waals surface area (Å²) in [5, 5.41) is 0. The third-order valence-corrected chi connectivity index (χ3v) is 8.14. The predicted octanol–water partition coefficient (Wildman–Crippen LogP) is 6.01. The SMILES string of the molecule is CC1=C(CN2CC[C@@H](N(C(=O)OC(C)(C)C)c3ccc(/C=C/C(=O)NOC4CCCCO4)cn3)C2)C(C)(C)CCC1. The number of carbonyl (C=O) groups is 2. The molecule has 1 aromatic heterocycles. The molecule has 2 amide bonds. The van der Waals surface area contributed by atoms with Gasteiger partial charge in [0.15, 0.2) is 6.29 Å². The van der Waals surface area contributed by atoms with Crippen molar-refractivity contribution in [2.24, 2.45) is 5.41 Å². The number of likely N-dealkylation sites (tertiary alicyclic amines) is 1. The zero-order valence-electron chi connectivity index (χ0n) is 25.7. The van der Waals surface area contributed by atoms with E-state index >= 15 is 0 Å². The molecule has 2 saturated heterocycles. The van der Waals surface area contributed by atoms with Crippen LogP contribution in [0.25, 0.3) is 6.08 Å². The molecule has 0 spiro atoms. The monoisotopic (exact) mass is 568 g/mol. The van der Waals surface area contributed by atoms with Crippen LogP contribution in [0, 0.1) is 5.41 Å². The highest BCUT2D eigenvalue weighted by molar-refractivity contribution is 5.91. The Kier molecular flexibility index (Phi) is 10.3. The van der Waals surface area contributed by atoms with Gasteiger partial charge in [-0.3, -0.25) is 14.6 Å². The van der Waals surface area contributed by atoms with E-state index in [0.29, 0.717) is 12.4 Å². The average Bonchev–Trinajstić information content (AvgIpc) is 3.37. The number of aromatic nitrogens is 1. The second-order valence-corrected chi connectivity index (χ2v) is 13.2. The summed E-state index contributed by atoms with van der Waals surface area (Å²) in [5.41, 5.74) is 5.80. The number of amides is 2. The van der Waals surface area contributed by atoms with Crippen LogP contribution in [0.2, 0.25) is 0 Å². The molecule has 1 aliphatic carbocycles. The van der Waals surface area contributed by atoms with Crippen molar-refractivity contribution in [3.8, 4) is 0 Å². The second-order valence-electron chi connectivity index (χ2n) is 13.2. The first-order valence-electron chi connectivity index (χ1n) is 15.1. The van der Waals surface area contributed by atoms with Crippen molar-refractivity contribution >= 4 is 23.9 Å². The lowest BCUT2D eigenvalue weighted by molar-refractivity contribution is -0.198. The zero-order chi connectivity index (χ0) is 29.6. The Morgan fingerprint density at radius 2 is 2.02 bits per heavy atom. The number of hydroxylamine groups is 1. The minimum absolute atomic E-state index is 0.0451. The van der Waals surface area contributed by atoms with Crippen LogP contribution in [0.3, 0.4) is 0 Å². The van der Waals surface area contributed by atoms with E-state index in [-0.39, 0.29) is 17.4 Å². The summed E-state index contributed by atoms with van der Waals surface area (Å²) >= 11 is 0. The van der Waals surface area contributed by atoms with Gasteiger partial charge in [-0.1, -0.05) is 25.0 Å². The van der Waals surface area contributed by atoms with Gasteiger partial charge in [-0.05, 0) is 95.4 Å². The highest BCUT2D eigenvalue weighted by atomic mass is 16.8. The number of ether oxygens (including phenoxy) is 2. The van der Waals surface area contributed by atoms with Crippen LogP contribution in [0.5, 0.6) is 0 Å². The molecular weight excluding hydrogens is 520 g/mol. The van der Waals surface area contributed by atoms with Gasteiger partial charge >= 0.3 is 6.09 Å². The van der Waals surface area contributed by atoms with Gasteiger partial charge in [-0.2, -0.15) is 0 Å². The fourth-order valence-corrected chi connectivity index (χ4v) is 5.93. The number of hydrogen-bond donors (Lipinski definition) is 1. The summed E-state index contributed by atoms with van der Waals surface area (Å²) in [7, 11) is 0. The number of pyridine rings is 1. The number of anilines is 1. The molecule has 4 rings (SSSR count). The van der Waals surface area contributed by atoms with Gasteiger partial charge in [0, 0.05) is 44.9 Å². The Morgan fingerprint density at radius 3 is 2.68 bits per heavy atom. The van der Waals surface area contributed by atoms with Crippen LogP contribution in [0.15, 0.2) is 35.6 Å². The molecule has 3 aliphatic rings. The predicted molar refractivity (Wildman–Crippen MR) is 160 cm³/mol. The summed E-state index contributed by atoms with van der Waals surface area (Å²) in [4.78, 5) is 39.7. The lowest BCUT2D eigenvalue weighted by Gasteiger charge is -2.37. The van der Waals surface area contributed by atoms with Crippen LogP contribution < -0.4 is 10.4 Å². The van der Waals surface area contributed by atoms with Gasteiger partial charge in [0.1, 0.15) is 11.4 Å². The van der Waals surface area contributed by atoms with E-state index in [4.69, 9.17) is 14.3 Å². The first kappa shape index (κ1) is 31.2. The molecule has 1 N–H and O–H groups in total. The van der Waals surface area contributed by atoms with Crippen molar-refractivity contribution in [3.05, 3.63) is 41.1 Å². The fraction of sp³-hybridized carbons (Fsp3) is 0.656. The first-order chi connectivity index (χ1) is 19.4. The Labute approximate surface area is 245 Å². The lowest BCUT2D eigenvalue weighted by Crippen LogP contribution is -2.45. The van der Waals surface area contributed by atoms with Gasteiger partial charge < -0.3 is 9.47 Å². The number of nitrogens with zero attached hydrogens (tertiary/aromatic N) is 3. The summed E-state index contributed by atoms with van der Waals surface area (Å²) in [6.07, 6.45) is 11.2. The molecule has 226 valence electrons. The highest BCUT2D eigenvalue weighted by Gasteiger charge is 2.37. The van der Waals surface area contributed by atoms with E-state index in [0.717, 1.165) is 50.9 Å². The van der Waals surface area contributed by atoms with Crippen LogP contribution in [0.4, 0.5) is 10.6 Å². The van der Waals surface area contributed by atoms with E-state index < -0.39 is 18.0 Å². The van der Waals surface area contributed by atoms with Crippen LogP contribution in [-0.2, 0) is 19.1 Å². The van der Waals surface area contributed by atoms with E-state index in [1.54, 1.807) is 22.7 Å². The molecule has 9 nitrogen and oxygen atoms in total. The quantitative estimate of drug-likeness (QED) is 0.233. The Balaban J connectivity index is 1.42. The van der Waals surface area contributed by atoms with Crippen LogP contribution in [-0.4, -0.2) is 66.1 Å². The second kappa shape index (κ2) is 13.5. The summed E-state index contributed by atoms with van der Waals surface area (Å²) < 4.78 is 11.3. The van der Waals surface area contributed by atoms with Crippen LogP contribution >= 0.6 is 0 Å². The number of allylic oxidation sites excluding steroid dienone is 1. The fourth-order valence-electron chi connectivity index (χ4n) is 5.93. The molecule has 0 bridgehead atoms. The van der Waals surface area contributed by atoms with E-state index in [1.165, 1.54) is 30.9 Å². The van der Waals surface area contributed by atoms with E-state index in [1.807, 2.05) is 32.9 Å². The molecule has 2 fully saturated rings. The highest BCUT2D eigenvalue weighted by Crippen LogP contribution is 2.41. The lowest BCUT2D eigenvalue weighted by atomic mass is 9.72. The summed E-state index contributed by atoms with van der Waals surface area (Å²) in [5.74, 6) is 0.162. The van der Waals surface area contributed by atoms with Gasteiger partial charge in [0.2, 0.25) is 0 Å². The van der Waals surface area contributed by atoms with Gasteiger partial charge in [-0.25, -0.2) is 20.1 Å². The van der Waals surface area contributed by atoms with Gasteiger partial charge in [0.05, 0.1) is 6.04 Å². The summed E-state index contributed by atoms with van der Waals surface area (Å²) in [6, 6.07) is 3.62. The molecule has 2 aliphatic heterocycles. The van der Waals surface area contributed by atoms with Crippen molar-refractivity contribution in [1.29, 1.82) is 0 Å². The Morgan fingerprint density at radius 1 is 1.22 bits per heavy atom. The van der Waals surface area contributed by atoms with E-state index in [9.17, 15) is 9.59 Å². The Bertz CT molecular complexity index is 1120. The minimum Gasteiger partial charge on any atom is -0.443 e. The molecule has 0 saturated carbocycles. The normalized spacial score (nSPS) is 23.6. The topological polar surface area (TPSA) is 93.2 Å². The van der Waals surface area contributed by atoms with Crippen molar-refractivity contribution < 1.29 is 23.9 Å². The van der Waals surface area contributed by atoms with Crippen molar-refractivity contribution in [2.75, 3.05) is 31.1 Å². The van der Waals surface area contributed by atoms with Crippen molar-refractivity contribution in [3.63, 3.8) is 0 Å². The molecule has 2 atom stereocenters. The average molecular weight is 569 g/mol. The maximum atomic E-state index is 13.4. The molecule has 0 aromatic carbocycles. The van der Waals surface area contributed by atoms with E-state index in [2.05, 4.69) is 36.1 Å². The third kappa shape index (κ3) is 8.87. The largest absolute Gasteiger partial charge is 0.443 e. The van der Waals surface area contributed by atoms with Crippen molar-refractivity contribution in [1.82, 2.24) is 15.4 Å². The molecule has 1 aromatic rings. The molecule has 9 heteroatoms. The third-order valence-electron chi connectivity index (χ3n) is 8.14. The first-order valence-corrected chi connectivity index (χ1v) is 15.1. The minimum atomic E-state index is -0.623. The smallest absolute Gasteiger partial charge is 0.416 e. The number of nitrogens with one attached hydrogen (secondary N) is 1. The summed E-state index contributed by atoms with van der Waals surface area (Å²) in [6.45, 7) is 15.9.